The summed E-state index contributed by atoms with van der Waals surface area (Å²) >= 11 is 0. The van der Waals surface area contributed by atoms with E-state index in [0.717, 1.165) is 0 Å². The molecule has 0 heterocycles. The molecule has 10 heavy (non-hydrogen) atoms. The van der Waals surface area contributed by atoms with Gasteiger partial charge in [0.2, 0.25) is 0 Å². The predicted octanol–water partition coefficient (Wildman–Crippen LogP) is 1.10. The Morgan fingerprint density at radius 2 is 2.00 bits per heavy atom. The number of hydrogen-bond acceptors (Lipinski definition) is 2. The highest BCUT2D eigenvalue weighted by atomic mass is 19.1. The summed E-state index contributed by atoms with van der Waals surface area (Å²) in [5.41, 5.74) is 0. The van der Waals surface area contributed by atoms with Gasteiger partial charge in [0.05, 0.1) is 6.61 Å². The van der Waals surface area contributed by atoms with Gasteiger partial charge in [0.15, 0.2) is 0 Å². The molecule has 0 N–H and O–H groups in total. The topological polar surface area (TPSA) is 26.3 Å². The highest BCUT2D eigenvalue weighted by Crippen LogP contribution is 2.01. The van der Waals surface area contributed by atoms with Crippen molar-refractivity contribution in [2.45, 2.75) is 6.92 Å². The van der Waals surface area contributed by atoms with Crippen LogP contribution in [0.1, 0.15) is 6.92 Å². The fourth-order valence-corrected chi connectivity index (χ4v) is 0.427. The van der Waals surface area contributed by atoms with Crippen molar-refractivity contribution in [1.82, 2.24) is 0 Å². The van der Waals surface area contributed by atoms with Crippen molar-refractivity contribution in [3.8, 4) is 0 Å². The normalized spacial score (nSPS) is 10.0. The molecule has 0 aliphatic carbocycles. The minimum Gasteiger partial charge on any atom is -0.466 e. The van der Waals surface area contributed by atoms with E-state index in [1.807, 2.05) is 0 Å². The van der Waals surface area contributed by atoms with Crippen LogP contribution in [-0.4, -0.2) is 25.9 Å². The van der Waals surface area contributed by atoms with Crippen molar-refractivity contribution < 1.29 is 18.3 Å². The first kappa shape index (κ1) is 9.33. The molecule has 0 spiro atoms. The minimum absolute atomic E-state index is 0.162. The van der Waals surface area contributed by atoms with Gasteiger partial charge in [-0.3, -0.25) is 13.6 Å². The average molecular weight is 152 g/mol. The van der Waals surface area contributed by atoms with E-state index in [9.17, 15) is 13.6 Å². The van der Waals surface area contributed by atoms with Crippen LogP contribution in [0, 0.1) is 5.92 Å². The van der Waals surface area contributed by atoms with Crippen LogP contribution in [0.25, 0.3) is 0 Å². The van der Waals surface area contributed by atoms with Gasteiger partial charge < -0.3 is 4.74 Å². The zero-order chi connectivity index (χ0) is 7.98. The molecule has 0 aliphatic heterocycles. The molecule has 0 aromatic carbocycles. The highest BCUT2D eigenvalue weighted by Gasteiger charge is 2.18. The molecule has 4 heteroatoms. The molecule has 60 valence electrons. The molecule has 0 aromatic rings. The van der Waals surface area contributed by atoms with Crippen LogP contribution >= 0.6 is 0 Å². The lowest BCUT2D eigenvalue weighted by molar-refractivity contribution is -0.149. The molecule has 0 amide bonds. The monoisotopic (exact) mass is 152 g/mol. The van der Waals surface area contributed by atoms with Crippen molar-refractivity contribution in [3.05, 3.63) is 0 Å². The zero-order valence-corrected chi connectivity index (χ0v) is 5.77. The minimum atomic E-state index is -1.22. The molecule has 0 aliphatic rings. The average Bonchev–Trinajstić information content (AvgIpc) is 1.91. The maximum atomic E-state index is 11.7. The number of carbonyl (C=O) groups excluding carboxylic acids is 1. The Morgan fingerprint density at radius 3 is 2.30 bits per heavy atom. The van der Waals surface area contributed by atoms with Crippen molar-refractivity contribution in [2.75, 3.05) is 20.0 Å². The lowest BCUT2D eigenvalue weighted by atomic mass is 10.2. The van der Waals surface area contributed by atoms with Crippen molar-refractivity contribution >= 4 is 5.97 Å². The molecular formula is C6H10F2O2. The first-order valence-electron chi connectivity index (χ1n) is 3.04. The van der Waals surface area contributed by atoms with E-state index in [0.29, 0.717) is 0 Å². The Hall–Kier alpha value is -0.670. The van der Waals surface area contributed by atoms with E-state index >= 15 is 0 Å². The molecule has 0 saturated heterocycles. The summed E-state index contributed by atoms with van der Waals surface area (Å²) in [6, 6.07) is 0. The van der Waals surface area contributed by atoms with Crippen molar-refractivity contribution in [2.24, 2.45) is 5.92 Å². The van der Waals surface area contributed by atoms with Gasteiger partial charge in [0, 0.05) is 0 Å². The number of halogens is 2. The Morgan fingerprint density at radius 1 is 1.50 bits per heavy atom. The second-order valence-corrected chi connectivity index (χ2v) is 1.76. The van der Waals surface area contributed by atoms with Crippen LogP contribution in [0.3, 0.4) is 0 Å². The molecule has 0 bridgehead atoms. The molecule has 0 saturated carbocycles. The fourth-order valence-electron chi connectivity index (χ4n) is 0.427. The summed E-state index contributed by atoms with van der Waals surface area (Å²) < 4.78 is 27.7. The number of alkyl halides is 2. The van der Waals surface area contributed by atoms with Gasteiger partial charge in [-0.25, -0.2) is 0 Å². The van der Waals surface area contributed by atoms with Gasteiger partial charge in [-0.15, -0.1) is 0 Å². The Balaban J connectivity index is 3.65. The summed E-state index contributed by atoms with van der Waals surface area (Å²) in [4.78, 5) is 10.5. The van der Waals surface area contributed by atoms with Crippen LogP contribution in [0.5, 0.6) is 0 Å². The molecule has 0 unspecified atom stereocenters. The fraction of sp³-hybridized carbons (Fsp3) is 0.833. The molecule has 0 rings (SSSR count). The van der Waals surface area contributed by atoms with Crippen LogP contribution in [0.2, 0.25) is 0 Å². The third kappa shape index (κ3) is 2.75. The third-order valence-corrected chi connectivity index (χ3v) is 0.992. The predicted molar refractivity (Wildman–Crippen MR) is 32.1 cm³/mol. The van der Waals surface area contributed by atoms with E-state index in [1.54, 1.807) is 6.92 Å². The number of ether oxygens (including phenoxy) is 1. The largest absolute Gasteiger partial charge is 0.466 e. The molecule has 0 radical (unpaired) electrons. The summed E-state index contributed by atoms with van der Waals surface area (Å²) in [7, 11) is 0. The first-order chi connectivity index (χ1) is 4.76. The van der Waals surface area contributed by atoms with Crippen molar-refractivity contribution in [1.29, 1.82) is 0 Å². The smallest absolute Gasteiger partial charge is 0.314 e. The van der Waals surface area contributed by atoms with E-state index in [2.05, 4.69) is 4.74 Å². The second-order valence-electron chi connectivity index (χ2n) is 1.76. The van der Waals surface area contributed by atoms with E-state index in [-0.39, 0.29) is 6.61 Å². The molecular weight excluding hydrogens is 142 g/mol. The first-order valence-corrected chi connectivity index (χ1v) is 3.04. The summed E-state index contributed by atoms with van der Waals surface area (Å²) in [6.07, 6.45) is 0. The number of carbonyl (C=O) groups is 1. The van der Waals surface area contributed by atoms with Crippen LogP contribution in [0.15, 0.2) is 0 Å². The van der Waals surface area contributed by atoms with Gasteiger partial charge >= 0.3 is 5.97 Å². The van der Waals surface area contributed by atoms with Gasteiger partial charge in [-0.1, -0.05) is 0 Å². The van der Waals surface area contributed by atoms with Crippen molar-refractivity contribution in [3.63, 3.8) is 0 Å². The summed E-state index contributed by atoms with van der Waals surface area (Å²) in [5, 5.41) is 0. The lowest BCUT2D eigenvalue weighted by Crippen LogP contribution is -2.21. The number of rotatable bonds is 4. The highest BCUT2D eigenvalue weighted by molar-refractivity contribution is 5.72. The SMILES string of the molecule is CCOC(=O)C(CF)CF. The maximum absolute atomic E-state index is 11.7. The molecule has 0 atom stereocenters. The van der Waals surface area contributed by atoms with E-state index in [1.165, 1.54) is 0 Å². The van der Waals surface area contributed by atoms with Gasteiger partial charge in [-0.2, -0.15) is 0 Å². The molecule has 0 fully saturated rings. The van der Waals surface area contributed by atoms with E-state index in [4.69, 9.17) is 0 Å². The Labute approximate surface area is 58.2 Å². The Kier molecular flexibility index (Phi) is 4.80. The number of esters is 1. The van der Waals surface area contributed by atoms with Gasteiger partial charge in [0.1, 0.15) is 19.3 Å². The quantitative estimate of drug-likeness (QED) is 0.564. The molecule has 2 nitrogen and oxygen atoms in total. The van der Waals surface area contributed by atoms with Gasteiger partial charge in [0.25, 0.3) is 0 Å². The second kappa shape index (κ2) is 5.14. The van der Waals surface area contributed by atoms with E-state index < -0.39 is 25.2 Å². The zero-order valence-electron chi connectivity index (χ0n) is 5.77. The Bertz CT molecular complexity index is 102. The summed E-state index contributed by atoms with van der Waals surface area (Å²) in [5.74, 6) is -2.02. The van der Waals surface area contributed by atoms with Crippen LogP contribution in [-0.2, 0) is 9.53 Å². The molecule has 0 aromatic heterocycles. The standard InChI is InChI=1S/C6H10F2O2/c1-2-10-6(9)5(3-7)4-8/h5H,2-4H2,1H3. The summed E-state index contributed by atoms with van der Waals surface area (Å²) in [6.45, 7) is -0.231. The van der Waals surface area contributed by atoms with Crippen LogP contribution in [0.4, 0.5) is 8.78 Å². The number of hydrogen-bond donors (Lipinski definition) is 0. The van der Waals surface area contributed by atoms with Gasteiger partial charge in [-0.05, 0) is 6.92 Å². The third-order valence-electron chi connectivity index (χ3n) is 0.992. The van der Waals surface area contributed by atoms with Crippen LogP contribution < -0.4 is 0 Å². The lowest BCUT2D eigenvalue weighted by Gasteiger charge is -2.06. The maximum Gasteiger partial charge on any atom is 0.314 e.